The Bertz CT molecular complexity index is 1040. The minimum absolute atomic E-state index is 0.0956. The zero-order valence-corrected chi connectivity index (χ0v) is 18.7. The van der Waals surface area contributed by atoms with Crippen molar-refractivity contribution in [2.75, 3.05) is 29.1 Å². The second-order valence-corrected chi connectivity index (χ2v) is 9.70. The summed E-state index contributed by atoms with van der Waals surface area (Å²) in [4.78, 5) is 28.2. The molecule has 1 aliphatic heterocycles. The van der Waals surface area contributed by atoms with Gasteiger partial charge >= 0.3 is 0 Å². The lowest BCUT2D eigenvalue weighted by Gasteiger charge is -2.30. The molecule has 0 spiro atoms. The predicted molar refractivity (Wildman–Crippen MR) is 121 cm³/mol. The van der Waals surface area contributed by atoms with Gasteiger partial charge in [0.2, 0.25) is 5.91 Å². The first-order valence-electron chi connectivity index (χ1n) is 9.55. The van der Waals surface area contributed by atoms with Crippen LogP contribution < -0.4 is 10.2 Å². The minimum atomic E-state index is -0.0956. The molecule has 9 heteroatoms. The molecule has 3 heterocycles. The van der Waals surface area contributed by atoms with Gasteiger partial charge in [-0.05, 0) is 43.4 Å². The molecule has 3 aromatic rings. The molecule has 0 unspecified atom stereocenters. The van der Waals surface area contributed by atoms with Crippen molar-refractivity contribution in [3.8, 4) is 0 Å². The molecular formula is C20H22ClN5OS2. The summed E-state index contributed by atoms with van der Waals surface area (Å²) < 4.78 is 0.942. The molecule has 0 bridgehead atoms. The van der Waals surface area contributed by atoms with Crippen LogP contribution in [0.1, 0.15) is 25.3 Å². The highest BCUT2D eigenvalue weighted by Crippen LogP contribution is 2.35. The number of anilines is 2. The fourth-order valence-corrected chi connectivity index (χ4v) is 5.47. The van der Waals surface area contributed by atoms with Crippen molar-refractivity contribution < 1.29 is 4.79 Å². The van der Waals surface area contributed by atoms with Crippen LogP contribution in [0.2, 0.25) is 5.02 Å². The number of thiazole rings is 1. The Balaban J connectivity index is 1.46. The van der Waals surface area contributed by atoms with Gasteiger partial charge in [0.25, 0.3) is 0 Å². The Morgan fingerprint density at radius 3 is 3.10 bits per heavy atom. The number of thioether (sulfide) groups is 1. The maximum absolute atomic E-state index is 12.4. The first-order chi connectivity index (χ1) is 14.0. The molecular weight excluding hydrogens is 426 g/mol. The lowest BCUT2D eigenvalue weighted by Crippen LogP contribution is -2.34. The number of piperidine rings is 1. The van der Waals surface area contributed by atoms with E-state index < -0.39 is 0 Å². The Morgan fingerprint density at radius 2 is 2.28 bits per heavy atom. The lowest BCUT2D eigenvalue weighted by molar-refractivity contribution is -0.113. The van der Waals surface area contributed by atoms with Crippen molar-refractivity contribution in [1.82, 2.24) is 15.0 Å². The van der Waals surface area contributed by atoms with Crippen LogP contribution in [-0.4, -0.2) is 39.7 Å². The largest absolute Gasteiger partial charge is 0.348 e. The summed E-state index contributed by atoms with van der Waals surface area (Å²) in [7, 11) is 0. The number of amides is 1. The van der Waals surface area contributed by atoms with E-state index in [1.165, 1.54) is 30.9 Å². The monoisotopic (exact) mass is 447 g/mol. The van der Waals surface area contributed by atoms with Gasteiger partial charge in [0.15, 0.2) is 10.8 Å². The van der Waals surface area contributed by atoms with Gasteiger partial charge < -0.3 is 10.2 Å². The van der Waals surface area contributed by atoms with Crippen LogP contribution in [0.3, 0.4) is 0 Å². The number of hydrogen-bond acceptors (Lipinski definition) is 7. The van der Waals surface area contributed by atoms with Gasteiger partial charge in [-0.25, -0.2) is 9.97 Å². The first-order valence-corrected chi connectivity index (χ1v) is 11.7. The van der Waals surface area contributed by atoms with Crippen LogP contribution >= 0.6 is 34.7 Å². The average molecular weight is 448 g/mol. The molecule has 1 amide bonds. The van der Waals surface area contributed by atoms with Gasteiger partial charge in [-0.2, -0.15) is 4.98 Å². The van der Waals surface area contributed by atoms with E-state index in [1.54, 1.807) is 17.4 Å². The number of rotatable bonds is 5. The molecule has 4 rings (SSSR count). The summed E-state index contributed by atoms with van der Waals surface area (Å²) in [6, 6.07) is 5.46. The van der Waals surface area contributed by atoms with Gasteiger partial charge in [0.1, 0.15) is 16.1 Å². The number of carbonyl (C=O) groups excluding carboxylic acids is 1. The highest BCUT2D eigenvalue weighted by Gasteiger charge is 2.21. The van der Waals surface area contributed by atoms with Gasteiger partial charge in [-0.1, -0.05) is 47.7 Å². The number of carbonyl (C=O) groups is 1. The summed E-state index contributed by atoms with van der Waals surface area (Å²) >= 11 is 9.05. The molecule has 1 N–H and O–H groups in total. The molecule has 29 heavy (non-hydrogen) atoms. The Kier molecular flexibility index (Phi) is 6.22. The Labute approximate surface area is 183 Å². The van der Waals surface area contributed by atoms with E-state index in [-0.39, 0.29) is 11.7 Å². The maximum atomic E-state index is 12.4. The summed E-state index contributed by atoms with van der Waals surface area (Å²) in [5.74, 6) is 0.836. The summed E-state index contributed by atoms with van der Waals surface area (Å²) in [5, 5.41) is 5.31. The van der Waals surface area contributed by atoms with Crippen LogP contribution in [-0.2, 0) is 4.79 Å². The smallest absolute Gasteiger partial charge is 0.234 e. The Morgan fingerprint density at radius 1 is 1.41 bits per heavy atom. The van der Waals surface area contributed by atoms with Gasteiger partial charge in [-0.15, -0.1) is 0 Å². The van der Waals surface area contributed by atoms with Crippen LogP contribution in [0.4, 0.5) is 10.8 Å². The summed E-state index contributed by atoms with van der Waals surface area (Å²) in [6.45, 7) is 6.27. The molecule has 6 nitrogen and oxygen atoms in total. The maximum Gasteiger partial charge on any atom is 0.234 e. The fraction of sp³-hybridized carbons (Fsp3) is 0.400. The lowest BCUT2D eigenvalue weighted by atomic mass is 10.0. The second kappa shape index (κ2) is 8.85. The van der Waals surface area contributed by atoms with Crippen molar-refractivity contribution in [3.05, 3.63) is 35.1 Å². The third-order valence-electron chi connectivity index (χ3n) is 4.89. The number of halogens is 1. The van der Waals surface area contributed by atoms with Gasteiger partial charge in [0, 0.05) is 23.8 Å². The number of aryl methyl sites for hydroxylation is 1. The predicted octanol–water partition coefficient (Wildman–Crippen LogP) is 5.02. The van der Waals surface area contributed by atoms with Crippen molar-refractivity contribution >= 4 is 61.8 Å². The van der Waals surface area contributed by atoms with Crippen LogP contribution in [0.25, 0.3) is 10.3 Å². The number of nitrogens with zero attached hydrogens (tertiary/aromatic N) is 4. The molecule has 2 aromatic heterocycles. The highest BCUT2D eigenvalue weighted by atomic mass is 35.5. The van der Waals surface area contributed by atoms with E-state index in [9.17, 15) is 4.79 Å². The number of nitrogens with one attached hydrogen (secondary N) is 1. The molecule has 1 saturated heterocycles. The molecule has 1 fully saturated rings. The standard InChI is InChI=1S/C20H22ClN5OS2/c1-12-4-3-7-26(9-12)20-25-18-17(29-20)19(23-11-22-18)28-10-16(27)24-15-8-14(21)6-5-13(15)2/h5-6,8,11-12H,3-4,7,9-10H2,1-2H3,(H,24,27)/t12-/m0/s1. The van der Waals surface area contributed by atoms with Gasteiger partial charge in [-0.3, -0.25) is 4.79 Å². The van der Waals surface area contributed by atoms with Crippen molar-refractivity contribution in [3.63, 3.8) is 0 Å². The first kappa shape index (κ1) is 20.4. The second-order valence-electron chi connectivity index (χ2n) is 7.32. The third-order valence-corrected chi connectivity index (χ3v) is 7.35. The van der Waals surface area contributed by atoms with Crippen molar-refractivity contribution in [1.29, 1.82) is 0 Å². The topological polar surface area (TPSA) is 71.0 Å². The zero-order chi connectivity index (χ0) is 20.4. The molecule has 0 aliphatic carbocycles. The normalized spacial score (nSPS) is 16.9. The number of aromatic nitrogens is 3. The van der Waals surface area contributed by atoms with E-state index in [0.29, 0.717) is 16.6 Å². The van der Waals surface area contributed by atoms with Crippen LogP contribution in [0.5, 0.6) is 0 Å². The van der Waals surface area contributed by atoms with Crippen molar-refractivity contribution in [2.45, 2.75) is 31.7 Å². The number of benzene rings is 1. The van der Waals surface area contributed by atoms with Gasteiger partial charge in [0.05, 0.1) is 5.75 Å². The molecule has 1 aromatic carbocycles. The molecule has 1 aliphatic rings. The van der Waals surface area contributed by atoms with E-state index in [2.05, 4.69) is 27.1 Å². The van der Waals surface area contributed by atoms with Crippen molar-refractivity contribution in [2.24, 2.45) is 5.92 Å². The van der Waals surface area contributed by atoms with E-state index >= 15 is 0 Å². The van der Waals surface area contributed by atoms with E-state index in [4.69, 9.17) is 16.6 Å². The van der Waals surface area contributed by atoms with E-state index in [1.807, 2.05) is 19.1 Å². The summed E-state index contributed by atoms with van der Waals surface area (Å²) in [5.41, 5.74) is 2.40. The number of fused-ring (bicyclic) bond motifs is 1. The quantitative estimate of drug-likeness (QED) is 0.437. The minimum Gasteiger partial charge on any atom is -0.348 e. The fourth-order valence-electron chi connectivity index (χ4n) is 3.37. The summed E-state index contributed by atoms with van der Waals surface area (Å²) in [6.07, 6.45) is 3.98. The molecule has 152 valence electrons. The highest BCUT2D eigenvalue weighted by molar-refractivity contribution is 8.00. The SMILES string of the molecule is Cc1ccc(Cl)cc1NC(=O)CSc1ncnc2nc(N3CCC[C@H](C)C3)sc12. The molecule has 0 radical (unpaired) electrons. The average Bonchev–Trinajstić information content (AvgIpc) is 3.14. The van der Waals surface area contributed by atoms with E-state index in [0.717, 1.165) is 39.2 Å². The van der Waals surface area contributed by atoms with Crippen LogP contribution in [0.15, 0.2) is 29.6 Å². The molecule has 1 atom stereocenters. The van der Waals surface area contributed by atoms with Crippen LogP contribution in [0, 0.1) is 12.8 Å². The zero-order valence-electron chi connectivity index (χ0n) is 16.3. The Hall–Kier alpha value is -1.90. The molecule has 0 saturated carbocycles. The third kappa shape index (κ3) is 4.82. The number of hydrogen-bond donors (Lipinski definition) is 1.